The molecule has 132 valence electrons. The Kier molecular flexibility index (Phi) is 5.29. The molecular weight excluding hydrogens is 316 g/mol. The van der Waals surface area contributed by atoms with Gasteiger partial charge < -0.3 is 14.2 Å². The molecule has 1 aromatic heterocycles. The molecule has 0 aromatic carbocycles. The van der Waals surface area contributed by atoms with Crippen LogP contribution in [0.2, 0.25) is 0 Å². The van der Waals surface area contributed by atoms with E-state index in [4.69, 9.17) is 14.2 Å². The molecule has 3 heterocycles. The highest BCUT2D eigenvalue weighted by Crippen LogP contribution is 2.32. The Morgan fingerprint density at radius 2 is 2.17 bits per heavy atom. The molecule has 0 radical (unpaired) electrons. The molecule has 9 nitrogen and oxygen atoms in total. The second-order valence-corrected chi connectivity index (χ2v) is 5.84. The number of aromatic nitrogens is 3. The Morgan fingerprint density at radius 3 is 2.92 bits per heavy atom. The molecule has 2 fully saturated rings. The molecule has 9 heteroatoms. The minimum absolute atomic E-state index is 0.0165. The number of rotatable bonds is 5. The van der Waals surface area contributed by atoms with Gasteiger partial charge in [0.2, 0.25) is 0 Å². The van der Waals surface area contributed by atoms with Gasteiger partial charge in [-0.2, -0.15) is 10.3 Å². The zero-order valence-electron chi connectivity index (χ0n) is 13.7. The SMILES string of the molecule is CCOC(=O)c1n[nH]nc1C1CCCN1C(=O)OCC1CCCO1. The lowest BCUT2D eigenvalue weighted by atomic mass is 10.1. The zero-order valence-corrected chi connectivity index (χ0v) is 13.7. The van der Waals surface area contributed by atoms with Crippen molar-refractivity contribution >= 4 is 12.1 Å². The van der Waals surface area contributed by atoms with E-state index in [9.17, 15) is 9.59 Å². The molecule has 0 aliphatic carbocycles. The second kappa shape index (κ2) is 7.61. The summed E-state index contributed by atoms with van der Waals surface area (Å²) in [5.74, 6) is -0.541. The van der Waals surface area contributed by atoms with E-state index in [0.717, 1.165) is 25.9 Å². The van der Waals surface area contributed by atoms with Crippen molar-refractivity contribution in [1.29, 1.82) is 0 Å². The Bertz CT molecular complexity index is 584. The van der Waals surface area contributed by atoms with Crippen LogP contribution in [-0.4, -0.2) is 64.8 Å². The smallest absolute Gasteiger partial charge is 0.410 e. The van der Waals surface area contributed by atoms with Gasteiger partial charge >= 0.3 is 12.1 Å². The molecule has 2 aliphatic rings. The largest absolute Gasteiger partial charge is 0.461 e. The van der Waals surface area contributed by atoms with Crippen LogP contribution in [0.3, 0.4) is 0 Å². The highest BCUT2D eigenvalue weighted by Gasteiger charge is 2.36. The van der Waals surface area contributed by atoms with Crippen LogP contribution in [0.5, 0.6) is 0 Å². The Labute approximate surface area is 139 Å². The summed E-state index contributed by atoms with van der Waals surface area (Å²) in [5.41, 5.74) is 0.556. The Hall–Kier alpha value is -2.16. The maximum absolute atomic E-state index is 12.4. The number of hydrogen-bond donors (Lipinski definition) is 1. The highest BCUT2D eigenvalue weighted by atomic mass is 16.6. The third-order valence-corrected chi connectivity index (χ3v) is 4.26. The van der Waals surface area contributed by atoms with E-state index in [1.165, 1.54) is 0 Å². The fourth-order valence-corrected chi connectivity index (χ4v) is 3.11. The van der Waals surface area contributed by atoms with Crippen LogP contribution < -0.4 is 0 Å². The van der Waals surface area contributed by atoms with Crippen LogP contribution in [0.25, 0.3) is 0 Å². The van der Waals surface area contributed by atoms with Crippen LogP contribution in [0.4, 0.5) is 4.79 Å². The minimum atomic E-state index is -0.541. The number of likely N-dealkylation sites (tertiary alicyclic amines) is 1. The average molecular weight is 338 g/mol. The van der Waals surface area contributed by atoms with Crippen molar-refractivity contribution < 1.29 is 23.8 Å². The van der Waals surface area contributed by atoms with E-state index >= 15 is 0 Å². The van der Waals surface area contributed by atoms with Crippen molar-refractivity contribution in [3.8, 4) is 0 Å². The number of nitrogens with zero attached hydrogens (tertiary/aromatic N) is 3. The number of aromatic amines is 1. The first-order valence-corrected chi connectivity index (χ1v) is 8.33. The standard InChI is InChI=1S/C15H22N4O5/c1-2-22-14(20)13-12(16-18-17-13)11-6-3-7-19(11)15(21)24-9-10-5-4-8-23-10/h10-11H,2-9H2,1H3,(H,16,17,18). The van der Waals surface area contributed by atoms with Crippen LogP contribution >= 0.6 is 0 Å². The lowest BCUT2D eigenvalue weighted by Gasteiger charge is -2.23. The lowest BCUT2D eigenvalue weighted by Crippen LogP contribution is -2.33. The van der Waals surface area contributed by atoms with Gasteiger partial charge in [0.05, 0.1) is 18.8 Å². The third kappa shape index (κ3) is 3.50. The maximum atomic E-state index is 12.4. The van der Waals surface area contributed by atoms with Gasteiger partial charge in [-0.3, -0.25) is 4.90 Å². The molecule has 2 atom stereocenters. The van der Waals surface area contributed by atoms with Crippen LogP contribution in [0, 0.1) is 0 Å². The summed E-state index contributed by atoms with van der Waals surface area (Å²) in [6.45, 7) is 3.51. The molecular formula is C15H22N4O5. The van der Waals surface area contributed by atoms with E-state index in [-0.39, 0.29) is 31.1 Å². The second-order valence-electron chi connectivity index (χ2n) is 5.84. The molecule has 2 unspecified atom stereocenters. The first kappa shape index (κ1) is 16.7. The van der Waals surface area contributed by atoms with E-state index in [1.807, 2.05) is 0 Å². The molecule has 1 aromatic rings. The Balaban J connectivity index is 1.65. The summed E-state index contributed by atoms with van der Waals surface area (Å²) in [6, 6.07) is -0.333. The van der Waals surface area contributed by atoms with Crippen LogP contribution in [0.15, 0.2) is 0 Å². The van der Waals surface area contributed by atoms with E-state index in [0.29, 0.717) is 18.7 Å². The monoisotopic (exact) mass is 338 g/mol. The van der Waals surface area contributed by atoms with Crippen molar-refractivity contribution in [3.05, 3.63) is 11.4 Å². The fraction of sp³-hybridized carbons (Fsp3) is 0.733. The van der Waals surface area contributed by atoms with Crippen molar-refractivity contribution in [2.75, 3.05) is 26.4 Å². The zero-order chi connectivity index (χ0) is 16.9. The molecule has 3 rings (SSSR count). The van der Waals surface area contributed by atoms with E-state index < -0.39 is 12.1 Å². The number of amides is 1. The summed E-state index contributed by atoms with van der Waals surface area (Å²) in [4.78, 5) is 25.9. The van der Waals surface area contributed by atoms with Crippen molar-refractivity contribution in [2.45, 2.75) is 44.8 Å². The van der Waals surface area contributed by atoms with Gasteiger partial charge in [0.1, 0.15) is 12.3 Å². The van der Waals surface area contributed by atoms with Gasteiger partial charge in [0.25, 0.3) is 0 Å². The quantitative estimate of drug-likeness (QED) is 0.809. The molecule has 0 saturated carbocycles. The van der Waals surface area contributed by atoms with Crippen LogP contribution in [0.1, 0.15) is 54.8 Å². The average Bonchev–Trinajstić information content (AvgIpc) is 3.32. The number of nitrogens with one attached hydrogen (secondary N) is 1. The van der Waals surface area contributed by atoms with E-state index in [2.05, 4.69) is 15.4 Å². The van der Waals surface area contributed by atoms with Gasteiger partial charge in [-0.1, -0.05) is 0 Å². The number of carbonyl (C=O) groups is 2. The molecule has 2 aliphatic heterocycles. The molecule has 1 N–H and O–H groups in total. The first-order chi connectivity index (χ1) is 11.7. The molecule has 0 bridgehead atoms. The maximum Gasteiger partial charge on any atom is 0.410 e. The normalized spacial score (nSPS) is 23.5. The summed E-state index contributed by atoms with van der Waals surface area (Å²) in [5, 5.41) is 10.4. The lowest BCUT2D eigenvalue weighted by molar-refractivity contribution is 0.0280. The summed E-state index contributed by atoms with van der Waals surface area (Å²) in [7, 11) is 0. The molecule has 1 amide bonds. The van der Waals surface area contributed by atoms with Gasteiger partial charge in [-0.15, -0.1) is 5.10 Å². The van der Waals surface area contributed by atoms with Crippen molar-refractivity contribution in [2.24, 2.45) is 0 Å². The van der Waals surface area contributed by atoms with Gasteiger partial charge in [-0.25, -0.2) is 9.59 Å². The molecule has 0 spiro atoms. The molecule has 2 saturated heterocycles. The Morgan fingerprint density at radius 1 is 1.29 bits per heavy atom. The predicted molar refractivity (Wildman–Crippen MR) is 81.3 cm³/mol. The first-order valence-electron chi connectivity index (χ1n) is 8.33. The molecule has 24 heavy (non-hydrogen) atoms. The van der Waals surface area contributed by atoms with Gasteiger partial charge in [0.15, 0.2) is 5.69 Å². The highest BCUT2D eigenvalue weighted by molar-refractivity contribution is 5.88. The van der Waals surface area contributed by atoms with E-state index in [1.54, 1.807) is 11.8 Å². The third-order valence-electron chi connectivity index (χ3n) is 4.26. The summed E-state index contributed by atoms with van der Waals surface area (Å²) >= 11 is 0. The van der Waals surface area contributed by atoms with Crippen molar-refractivity contribution in [1.82, 2.24) is 20.3 Å². The predicted octanol–water partition coefficient (Wildman–Crippen LogP) is 1.43. The number of carbonyl (C=O) groups excluding carboxylic acids is 2. The number of hydrogen-bond acceptors (Lipinski definition) is 7. The number of esters is 1. The van der Waals surface area contributed by atoms with Crippen molar-refractivity contribution in [3.63, 3.8) is 0 Å². The number of H-pyrrole nitrogens is 1. The summed E-state index contributed by atoms with van der Waals surface area (Å²) in [6.07, 6.45) is 2.99. The van der Waals surface area contributed by atoms with Crippen LogP contribution in [-0.2, 0) is 14.2 Å². The van der Waals surface area contributed by atoms with Gasteiger partial charge in [0, 0.05) is 13.2 Å². The number of ether oxygens (including phenoxy) is 3. The topological polar surface area (TPSA) is 107 Å². The summed E-state index contributed by atoms with van der Waals surface area (Å²) < 4.78 is 15.8. The fourth-order valence-electron chi connectivity index (χ4n) is 3.11. The van der Waals surface area contributed by atoms with Gasteiger partial charge in [-0.05, 0) is 32.6 Å². The minimum Gasteiger partial charge on any atom is -0.461 e.